The first kappa shape index (κ1) is 9.60. The van der Waals surface area contributed by atoms with Gasteiger partial charge in [-0.25, -0.2) is 0 Å². The predicted octanol–water partition coefficient (Wildman–Crippen LogP) is 2.05. The Bertz CT molecular complexity index is 388. The van der Waals surface area contributed by atoms with E-state index in [9.17, 15) is 4.79 Å². The van der Waals surface area contributed by atoms with Crippen molar-refractivity contribution >= 4 is 21.7 Å². The Morgan fingerprint density at radius 3 is 2.73 bits per heavy atom. The largest absolute Gasteiger partial charge is 0.454 e. The van der Waals surface area contributed by atoms with Gasteiger partial charge in [-0.15, -0.1) is 0 Å². The normalized spacial score (nSPS) is 32.7. The summed E-state index contributed by atoms with van der Waals surface area (Å²) in [7, 11) is 0. The molecule has 80 valence electrons. The fraction of sp³-hybridized carbons (Fsp3) is 0.545. The summed E-state index contributed by atoms with van der Waals surface area (Å²) in [5, 5.41) is 0. The Morgan fingerprint density at radius 1 is 1.40 bits per heavy atom. The summed E-state index contributed by atoms with van der Waals surface area (Å²) in [5.41, 5.74) is 0. The van der Waals surface area contributed by atoms with Crippen LogP contribution < -0.4 is 0 Å². The van der Waals surface area contributed by atoms with Gasteiger partial charge in [-0.3, -0.25) is 4.79 Å². The zero-order valence-electron chi connectivity index (χ0n) is 8.11. The minimum absolute atomic E-state index is 0.239. The number of rotatable bonds is 3. The summed E-state index contributed by atoms with van der Waals surface area (Å²) >= 11 is 3.23. The van der Waals surface area contributed by atoms with Crippen molar-refractivity contribution in [2.75, 3.05) is 13.2 Å². The monoisotopic (exact) mass is 270 g/mol. The maximum Gasteiger partial charge on any atom is 0.169 e. The number of ether oxygens (including phenoxy) is 1. The van der Waals surface area contributed by atoms with Gasteiger partial charge in [0.05, 0.1) is 19.6 Å². The van der Waals surface area contributed by atoms with Crippen LogP contribution in [0.15, 0.2) is 21.2 Å². The predicted molar refractivity (Wildman–Crippen MR) is 56.4 cm³/mol. The van der Waals surface area contributed by atoms with Crippen molar-refractivity contribution < 1.29 is 13.9 Å². The van der Waals surface area contributed by atoms with E-state index in [-0.39, 0.29) is 5.92 Å². The number of carbonyl (C=O) groups excluding carboxylic acids is 1. The summed E-state index contributed by atoms with van der Waals surface area (Å²) in [6, 6.07) is 3.66. The number of hydrogen-bond acceptors (Lipinski definition) is 3. The van der Waals surface area contributed by atoms with Gasteiger partial charge in [-0.05, 0) is 39.9 Å². The highest BCUT2D eigenvalue weighted by molar-refractivity contribution is 9.10. The molecule has 0 N–H and O–H groups in total. The quantitative estimate of drug-likeness (QED) is 0.844. The molecule has 0 aromatic carbocycles. The third kappa shape index (κ3) is 1.66. The molecule has 2 unspecified atom stereocenters. The molecule has 0 amide bonds. The van der Waals surface area contributed by atoms with Crippen LogP contribution in [0.2, 0.25) is 0 Å². The van der Waals surface area contributed by atoms with Crippen LogP contribution in [0.1, 0.15) is 5.76 Å². The SMILES string of the molecule is O=C(Cc1ccc(Br)o1)C1C2COCC21. The third-order valence-corrected chi connectivity index (χ3v) is 3.73. The van der Waals surface area contributed by atoms with E-state index in [0.29, 0.717) is 28.7 Å². The molecule has 0 radical (unpaired) electrons. The molecule has 1 aromatic heterocycles. The van der Waals surface area contributed by atoms with Gasteiger partial charge in [-0.1, -0.05) is 0 Å². The second-order valence-electron chi connectivity index (χ2n) is 4.24. The van der Waals surface area contributed by atoms with E-state index >= 15 is 0 Å². The number of fused-ring (bicyclic) bond motifs is 1. The van der Waals surface area contributed by atoms with Crippen molar-refractivity contribution in [1.82, 2.24) is 0 Å². The molecule has 0 spiro atoms. The van der Waals surface area contributed by atoms with E-state index in [1.54, 1.807) is 0 Å². The van der Waals surface area contributed by atoms with Crippen LogP contribution in [0.5, 0.6) is 0 Å². The Hall–Kier alpha value is -0.610. The van der Waals surface area contributed by atoms with Crippen molar-refractivity contribution in [2.24, 2.45) is 17.8 Å². The highest BCUT2D eigenvalue weighted by Crippen LogP contribution is 2.51. The molecule has 0 bridgehead atoms. The molecule has 2 fully saturated rings. The van der Waals surface area contributed by atoms with E-state index in [1.807, 2.05) is 12.1 Å². The minimum atomic E-state index is 0.239. The molecular weight excluding hydrogens is 260 g/mol. The van der Waals surface area contributed by atoms with Gasteiger partial charge in [0, 0.05) is 5.92 Å². The fourth-order valence-corrected chi connectivity index (χ4v) is 2.79. The van der Waals surface area contributed by atoms with Crippen LogP contribution in [0.4, 0.5) is 0 Å². The molecule has 2 aliphatic rings. The lowest BCUT2D eigenvalue weighted by Crippen LogP contribution is -2.11. The Labute approximate surface area is 95.9 Å². The van der Waals surface area contributed by atoms with E-state index in [1.165, 1.54) is 0 Å². The number of carbonyl (C=O) groups is 1. The molecule has 1 saturated heterocycles. The van der Waals surface area contributed by atoms with Gasteiger partial charge in [-0.2, -0.15) is 0 Å². The first-order chi connectivity index (χ1) is 7.25. The van der Waals surface area contributed by atoms with Crippen LogP contribution in [0.3, 0.4) is 0 Å². The van der Waals surface area contributed by atoms with Gasteiger partial charge in [0.15, 0.2) is 4.67 Å². The first-order valence-corrected chi connectivity index (χ1v) is 5.89. The van der Waals surface area contributed by atoms with Crippen LogP contribution in [-0.2, 0) is 16.0 Å². The van der Waals surface area contributed by atoms with Crippen molar-refractivity contribution in [3.63, 3.8) is 0 Å². The smallest absolute Gasteiger partial charge is 0.169 e. The lowest BCUT2D eigenvalue weighted by atomic mass is 10.1. The summed E-state index contributed by atoms with van der Waals surface area (Å²) in [6.45, 7) is 1.53. The van der Waals surface area contributed by atoms with Gasteiger partial charge >= 0.3 is 0 Å². The van der Waals surface area contributed by atoms with Crippen LogP contribution in [0.25, 0.3) is 0 Å². The minimum Gasteiger partial charge on any atom is -0.454 e. The number of Topliss-reactive ketones (excluding diaryl/α,β-unsaturated/α-hetero) is 1. The van der Waals surface area contributed by atoms with Crippen LogP contribution >= 0.6 is 15.9 Å². The number of ketones is 1. The molecular formula is C11H11BrO3. The van der Waals surface area contributed by atoms with E-state index < -0.39 is 0 Å². The maximum absolute atomic E-state index is 11.9. The van der Waals surface area contributed by atoms with Crippen molar-refractivity contribution in [3.05, 3.63) is 22.6 Å². The average molecular weight is 271 g/mol. The van der Waals surface area contributed by atoms with Crippen molar-refractivity contribution in [3.8, 4) is 0 Å². The molecule has 3 rings (SSSR count). The number of hydrogen-bond donors (Lipinski definition) is 0. The summed E-state index contributed by atoms with van der Waals surface area (Å²) in [6.07, 6.45) is 0.420. The molecule has 4 heteroatoms. The summed E-state index contributed by atoms with van der Waals surface area (Å²) in [4.78, 5) is 11.9. The van der Waals surface area contributed by atoms with Gasteiger partial charge in [0.25, 0.3) is 0 Å². The zero-order valence-corrected chi connectivity index (χ0v) is 9.70. The first-order valence-electron chi connectivity index (χ1n) is 5.10. The van der Waals surface area contributed by atoms with Gasteiger partial charge in [0.1, 0.15) is 11.5 Å². The second kappa shape index (κ2) is 3.46. The molecule has 2 atom stereocenters. The number of furan rings is 1. The molecule has 1 aliphatic heterocycles. The Morgan fingerprint density at radius 2 is 2.13 bits per heavy atom. The molecule has 2 heterocycles. The standard InChI is InChI=1S/C11H11BrO3/c12-10-2-1-6(15-10)3-9(13)11-7-4-14-5-8(7)11/h1-2,7-8,11H,3-5H2. The van der Waals surface area contributed by atoms with E-state index in [4.69, 9.17) is 9.15 Å². The second-order valence-corrected chi connectivity index (χ2v) is 5.02. The Kier molecular flexibility index (Phi) is 2.21. The lowest BCUT2D eigenvalue weighted by molar-refractivity contribution is -0.121. The highest BCUT2D eigenvalue weighted by atomic mass is 79.9. The van der Waals surface area contributed by atoms with Crippen molar-refractivity contribution in [1.29, 1.82) is 0 Å². The van der Waals surface area contributed by atoms with Gasteiger partial charge in [0.2, 0.25) is 0 Å². The third-order valence-electron chi connectivity index (χ3n) is 3.30. The summed E-state index contributed by atoms with van der Waals surface area (Å²) < 4.78 is 11.3. The maximum atomic E-state index is 11.9. The van der Waals surface area contributed by atoms with Crippen LogP contribution in [-0.4, -0.2) is 19.0 Å². The lowest BCUT2D eigenvalue weighted by Gasteiger charge is -2.01. The molecule has 1 saturated carbocycles. The molecule has 15 heavy (non-hydrogen) atoms. The van der Waals surface area contributed by atoms with Gasteiger partial charge < -0.3 is 9.15 Å². The zero-order chi connectivity index (χ0) is 10.4. The van der Waals surface area contributed by atoms with Crippen molar-refractivity contribution in [2.45, 2.75) is 6.42 Å². The fourth-order valence-electron chi connectivity index (χ4n) is 2.45. The van der Waals surface area contributed by atoms with E-state index in [0.717, 1.165) is 19.0 Å². The topological polar surface area (TPSA) is 39.4 Å². The molecule has 1 aromatic rings. The summed E-state index contributed by atoms with van der Waals surface area (Å²) in [5.74, 6) is 2.28. The Balaban J connectivity index is 1.63. The molecule has 3 nitrogen and oxygen atoms in total. The highest BCUT2D eigenvalue weighted by Gasteiger charge is 2.57. The molecule has 1 aliphatic carbocycles. The average Bonchev–Trinajstić information content (AvgIpc) is 2.60. The van der Waals surface area contributed by atoms with Crippen LogP contribution in [0, 0.1) is 17.8 Å². The van der Waals surface area contributed by atoms with E-state index in [2.05, 4.69) is 15.9 Å². The number of halogens is 1.